The fourth-order valence-corrected chi connectivity index (χ4v) is 2.85. The number of carboxylic acid groups (broad SMARTS) is 1. The number of esters is 1. The average Bonchev–Trinajstić information content (AvgIpc) is 2.71. The van der Waals surface area contributed by atoms with Crippen molar-refractivity contribution in [3.8, 4) is 11.5 Å². The molecule has 0 amide bonds. The van der Waals surface area contributed by atoms with Gasteiger partial charge < -0.3 is 29.5 Å². The predicted molar refractivity (Wildman–Crippen MR) is 114 cm³/mol. The number of rotatable bonds is 11. The summed E-state index contributed by atoms with van der Waals surface area (Å²) < 4.78 is 16.2. The number of methoxy groups -OCH3 is 1. The molecule has 0 atom stereocenters. The zero-order valence-electron chi connectivity index (χ0n) is 17.7. The third kappa shape index (κ3) is 6.12. The van der Waals surface area contributed by atoms with E-state index in [2.05, 4.69) is 10.2 Å². The van der Waals surface area contributed by atoms with Gasteiger partial charge in [0.05, 0.1) is 42.8 Å². The van der Waals surface area contributed by atoms with Crippen molar-refractivity contribution < 1.29 is 28.9 Å². The van der Waals surface area contributed by atoms with Gasteiger partial charge >= 0.3 is 11.9 Å². The molecule has 0 spiro atoms. The SMILES string of the molecule is CCOC(=O)c1cccc(Nc2ccc(OCCCN(C)C)cc2OC)c1C(=O)O. The van der Waals surface area contributed by atoms with Crippen LogP contribution in [0, 0.1) is 0 Å². The van der Waals surface area contributed by atoms with Gasteiger partial charge in [0, 0.05) is 12.6 Å². The zero-order chi connectivity index (χ0) is 22.1. The van der Waals surface area contributed by atoms with E-state index < -0.39 is 11.9 Å². The van der Waals surface area contributed by atoms with Crippen molar-refractivity contribution in [1.82, 2.24) is 4.90 Å². The summed E-state index contributed by atoms with van der Waals surface area (Å²) in [5.74, 6) is -0.791. The van der Waals surface area contributed by atoms with Crippen LogP contribution in [0.25, 0.3) is 0 Å². The Morgan fingerprint density at radius 1 is 1.13 bits per heavy atom. The molecule has 2 N–H and O–H groups in total. The van der Waals surface area contributed by atoms with Crippen molar-refractivity contribution in [2.24, 2.45) is 0 Å². The average molecular weight is 416 g/mol. The second kappa shape index (κ2) is 11.1. The van der Waals surface area contributed by atoms with Crippen LogP contribution >= 0.6 is 0 Å². The van der Waals surface area contributed by atoms with Crippen LogP contribution in [-0.4, -0.2) is 62.9 Å². The molecule has 0 aliphatic heterocycles. The van der Waals surface area contributed by atoms with Crippen molar-refractivity contribution in [2.45, 2.75) is 13.3 Å². The molecule has 0 saturated heterocycles. The van der Waals surface area contributed by atoms with Crippen LogP contribution in [0.1, 0.15) is 34.1 Å². The van der Waals surface area contributed by atoms with Crippen molar-refractivity contribution >= 4 is 23.3 Å². The maximum Gasteiger partial charge on any atom is 0.339 e. The molecule has 0 aliphatic carbocycles. The maximum absolute atomic E-state index is 12.2. The number of carbonyl (C=O) groups is 2. The van der Waals surface area contributed by atoms with E-state index in [1.54, 1.807) is 37.3 Å². The molecule has 162 valence electrons. The highest BCUT2D eigenvalue weighted by molar-refractivity contribution is 6.07. The van der Waals surface area contributed by atoms with E-state index in [0.29, 0.717) is 23.8 Å². The van der Waals surface area contributed by atoms with E-state index in [-0.39, 0.29) is 23.4 Å². The van der Waals surface area contributed by atoms with E-state index in [1.807, 2.05) is 14.1 Å². The van der Waals surface area contributed by atoms with Crippen molar-refractivity contribution in [2.75, 3.05) is 46.3 Å². The van der Waals surface area contributed by atoms with E-state index in [9.17, 15) is 14.7 Å². The molecule has 2 aromatic rings. The molecule has 0 heterocycles. The molecule has 0 radical (unpaired) electrons. The molecule has 0 bridgehead atoms. The minimum atomic E-state index is -1.24. The van der Waals surface area contributed by atoms with Gasteiger partial charge in [-0.3, -0.25) is 0 Å². The number of aromatic carboxylic acids is 1. The van der Waals surface area contributed by atoms with Crippen LogP contribution in [0.2, 0.25) is 0 Å². The Morgan fingerprint density at radius 3 is 2.53 bits per heavy atom. The minimum absolute atomic E-state index is 0.0193. The lowest BCUT2D eigenvalue weighted by Crippen LogP contribution is -2.15. The Morgan fingerprint density at radius 2 is 1.90 bits per heavy atom. The van der Waals surface area contributed by atoms with Gasteiger partial charge in [-0.1, -0.05) is 6.07 Å². The quantitative estimate of drug-likeness (QED) is 0.423. The summed E-state index contributed by atoms with van der Waals surface area (Å²) in [6.45, 7) is 3.30. The lowest BCUT2D eigenvalue weighted by Gasteiger charge is -2.16. The van der Waals surface area contributed by atoms with Gasteiger partial charge in [0.2, 0.25) is 0 Å². The molecular formula is C22H28N2O6. The number of anilines is 2. The van der Waals surface area contributed by atoms with E-state index in [4.69, 9.17) is 14.2 Å². The number of carbonyl (C=O) groups excluding carboxylic acids is 1. The molecule has 2 aromatic carbocycles. The fourth-order valence-electron chi connectivity index (χ4n) is 2.85. The highest BCUT2D eigenvalue weighted by atomic mass is 16.5. The Kier molecular flexibility index (Phi) is 8.49. The van der Waals surface area contributed by atoms with Crippen LogP contribution in [0.15, 0.2) is 36.4 Å². The Labute approximate surface area is 176 Å². The smallest absolute Gasteiger partial charge is 0.339 e. The molecule has 0 aliphatic rings. The highest BCUT2D eigenvalue weighted by Gasteiger charge is 2.22. The number of ether oxygens (including phenoxy) is 3. The second-order valence-electron chi connectivity index (χ2n) is 6.75. The van der Waals surface area contributed by atoms with E-state index >= 15 is 0 Å². The molecule has 30 heavy (non-hydrogen) atoms. The summed E-state index contributed by atoms with van der Waals surface area (Å²) in [5.41, 5.74) is 0.615. The maximum atomic E-state index is 12.2. The van der Waals surface area contributed by atoms with Crippen LogP contribution in [0.5, 0.6) is 11.5 Å². The number of hydrogen-bond acceptors (Lipinski definition) is 7. The number of benzene rings is 2. The van der Waals surface area contributed by atoms with Gasteiger partial charge in [0.25, 0.3) is 0 Å². The van der Waals surface area contributed by atoms with Gasteiger partial charge in [-0.15, -0.1) is 0 Å². The third-order valence-electron chi connectivity index (χ3n) is 4.23. The number of hydrogen-bond donors (Lipinski definition) is 2. The van der Waals surface area contributed by atoms with Crippen LogP contribution < -0.4 is 14.8 Å². The molecule has 0 unspecified atom stereocenters. The lowest BCUT2D eigenvalue weighted by atomic mass is 10.0. The number of nitrogens with one attached hydrogen (secondary N) is 1. The summed E-state index contributed by atoms with van der Waals surface area (Å²) in [7, 11) is 5.53. The molecule has 8 nitrogen and oxygen atoms in total. The van der Waals surface area contributed by atoms with Gasteiger partial charge in [0.15, 0.2) is 0 Å². The summed E-state index contributed by atoms with van der Waals surface area (Å²) in [5, 5.41) is 12.7. The number of carboxylic acids is 1. The van der Waals surface area contributed by atoms with E-state index in [1.165, 1.54) is 13.2 Å². The minimum Gasteiger partial charge on any atom is -0.494 e. The predicted octanol–water partition coefficient (Wildman–Crippen LogP) is 3.64. The first-order valence-corrected chi connectivity index (χ1v) is 9.63. The van der Waals surface area contributed by atoms with Crippen molar-refractivity contribution in [1.29, 1.82) is 0 Å². The van der Waals surface area contributed by atoms with Gasteiger partial charge in [-0.25, -0.2) is 9.59 Å². The fraction of sp³-hybridized carbons (Fsp3) is 0.364. The summed E-state index contributed by atoms with van der Waals surface area (Å²) in [4.78, 5) is 26.1. The Hall–Kier alpha value is -3.26. The molecule has 0 aromatic heterocycles. The van der Waals surface area contributed by atoms with Crippen LogP contribution in [0.4, 0.5) is 11.4 Å². The first-order valence-electron chi connectivity index (χ1n) is 9.63. The zero-order valence-corrected chi connectivity index (χ0v) is 17.7. The largest absolute Gasteiger partial charge is 0.494 e. The van der Waals surface area contributed by atoms with Gasteiger partial charge in [-0.2, -0.15) is 0 Å². The lowest BCUT2D eigenvalue weighted by molar-refractivity contribution is 0.0515. The van der Waals surface area contributed by atoms with Crippen molar-refractivity contribution in [3.63, 3.8) is 0 Å². The summed E-state index contributed by atoms with van der Waals surface area (Å²) >= 11 is 0. The highest BCUT2D eigenvalue weighted by Crippen LogP contribution is 2.33. The second-order valence-corrected chi connectivity index (χ2v) is 6.75. The summed E-state index contributed by atoms with van der Waals surface area (Å²) in [6, 6.07) is 9.84. The summed E-state index contributed by atoms with van der Waals surface area (Å²) in [6.07, 6.45) is 0.887. The molecule has 0 saturated carbocycles. The third-order valence-corrected chi connectivity index (χ3v) is 4.23. The molecule has 0 fully saturated rings. The topological polar surface area (TPSA) is 97.3 Å². The number of nitrogens with zero attached hydrogens (tertiary/aromatic N) is 1. The first kappa shape index (κ1) is 23.0. The first-order chi connectivity index (χ1) is 14.4. The molecule has 2 rings (SSSR count). The van der Waals surface area contributed by atoms with Gasteiger partial charge in [0.1, 0.15) is 11.5 Å². The van der Waals surface area contributed by atoms with Crippen LogP contribution in [0.3, 0.4) is 0 Å². The van der Waals surface area contributed by atoms with Crippen molar-refractivity contribution in [3.05, 3.63) is 47.5 Å². The molecule has 8 heteroatoms. The standard InChI is InChI=1S/C22H28N2O6/c1-5-29-22(27)16-8-6-9-18(20(16)21(25)26)23-17-11-10-15(14-19(17)28-4)30-13-7-12-24(2)3/h6,8-11,14,23H,5,7,12-13H2,1-4H3,(H,25,26). The monoisotopic (exact) mass is 416 g/mol. The Balaban J connectivity index is 2.26. The van der Waals surface area contributed by atoms with E-state index in [0.717, 1.165) is 13.0 Å². The van der Waals surface area contributed by atoms with Gasteiger partial charge in [-0.05, 0) is 51.7 Å². The Bertz CT molecular complexity index is 882. The normalized spacial score (nSPS) is 10.6. The molecular weight excluding hydrogens is 388 g/mol. The van der Waals surface area contributed by atoms with Crippen LogP contribution in [-0.2, 0) is 4.74 Å².